The number of carbonyl (C=O) groups is 1. The van der Waals surface area contributed by atoms with Gasteiger partial charge < -0.3 is 4.74 Å². The van der Waals surface area contributed by atoms with Crippen molar-refractivity contribution in [2.45, 2.75) is 208 Å². The summed E-state index contributed by atoms with van der Waals surface area (Å²) < 4.78 is 6.12. The molecule has 2 nitrogen and oxygen atoms in total. The number of allylic oxidation sites excluding steroid dienone is 3. The summed E-state index contributed by atoms with van der Waals surface area (Å²) in [5.74, 6) is 5.31. The van der Waals surface area contributed by atoms with Gasteiger partial charge in [0.05, 0.1) is 0 Å². The van der Waals surface area contributed by atoms with Crippen molar-refractivity contribution in [3.05, 3.63) is 23.8 Å². The standard InChI is InChI=1S/C45H78O2/c1-7-8-9-10-11-12-13-14-15-16-17-18-19-20-21-25-43(46)47-38-30-32-44(5)37(34-38)26-27-39-41-29-28-40(36(4)24-22-23-35(2)3)45(41,6)33-31-42(39)44/h14-15,26,35-36,38-42H,7-13,16-25,27-34H2,1-6H3/b15-14+/t36-,38-,39-,40+,41-,42-,44-,45+/m0/s1. The van der Waals surface area contributed by atoms with Gasteiger partial charge in [-0.2, -0.15) is 0 Å². The van der Waals surface area contributed by atoms with E-state index in [0.717, 1.165) is 61.2 Å². The van der Waals surface area contributed by atoms with Crippen molar-refractivity contribution in [1.29, 1.82) is 0 Å². The summed E-state index contributed by atoms with van der Waals surface area (Å²) in [7, 11) is 0. The van der Waals surface area contributed by atoms with E-state index in [1.54, 1.807) is 5.57 Å². The van der Waals surface area contributed by atoms with Gasteiger partial charge in [0.25, 0.3) is 0 Å². The Bertz CT molecular complexity index is 976. The first-order valence-electron chi connectivity index (χ1n) is 21.2. The van der Waals surface area contributed by atoms with Crippen LogP contribution in [0, 0.1) is 46.3 Å². The van der Waals surface area contributed by atoms with E-state index in [2.05, 4.69) is 59.8 Å². The summed E-state index contributed by atoms with van der Waals surface area (Å²) in [4.78, 5) is 12.8. The average Bonchev–Trinajstić information content (AvgIpc) is 3.40. The van der Waals surface area contributed by atoms with Gasteiger partial charge in [0.2, 0.25) is 0 Å². The molecule has 4 aliphatic carbocycles. The number of ether oxygens (including phenoxy) is 1. The zero-order valence-electron chi connectivity index (χ0n) is 32.3. The van der Waals surface area contributed by atoms with Gasteiger partial charge in [0.1, 0.15) is 6.10 Å². The molecule has 0 heterocycles. The zero-order chi connectivity index (χ0) is 33.7. The summed E-state index contributed by atoms with van der Waals surface area (Å²) >= 11 is 0. The zero-order valence-corrected chi connectivity index (χ0v) is 32.3. The molecule has 0 aromatic heterocycles. The Morgan fingerprint density at radius 3 is 2.19 bits per heavy atom. The summed E-state index contributed by atoms with van der Waals surface area (Å²) in [6.45, 7) is 14.9. The van der Waals surface area contributed by atoms with Gasteiger partial charge in [-0.25, -0.2) is 0 Å². The molecule has 0 spiro atoms. The fraction of sp³-hybridized carbons (Fsp3) is 0.889. The highest BCUT2D eigenvalue weighted by Gasteiger charge is 2.59. The molecule has 47 heavy (non-hydrogen) atoms. The second kappa shape index (κ2) is 19.4. The highest BCUT2D eigenvalue weighted by molar-refractivity contribution is 5.69. The van der Waals surface area contributed by atoms with Gasteiger partial charge in [0.15, 0.2) is 0 Å². The molecule has 0 N–H and O–H groups in total. The quantitative estimate of drug-likeness (QED) is 0.0702. The second-order valence-electron chi connectivity index (χ2n) is 18.0. The number of hydrogen-bond acceptors (Lipinski definition) is 2. The Kier molecular flexibility index (Phi) is 16.0. The van der Waals surface area contributed by atoms with Gasteiger partial charge in [-0.15, -0.1) is 0 Å². The molecule has 3 fully saturated rings. The Morgan fingerprint density at radius 2 is 1.49 bits per heavy atom. The smallest absolute Gasteiger partial charge is 0.306 e. The van der Waals surface area contributed by atoms with Crippen molar-refractivity contribution in [2.75, 3.05) is 0 Å². The van der Waals surface area contributed by atoms with Crippen molar-refractivity contribution < 1.29 is 9.53 Å². The molecule has 0 aromatic rings. The largest absolute Gasteiger partial charge is 0.462 e. The minimum atomic E-state index is 0.0541. The lowest BCUT2D eigenvalue weighted by Gasteiger charge is -2.58. The lowest BCUT2D eigenvalue weighted by Crippen LogP contribution is -2.51. The number of unbranched alkanes of at least 4 members (excludes halogenated alkanes) is 11. The fourth-order valence-electron chi connectivity index (χ4n) is 11.3. The topological polar surface area (TPSA) is 26.3 Å². The predicted octanol–water partition coefficient (Wildman–Crippen LogP) is 14.0. The first kappa shape index (κ1) is 38.7. The van der Waals surface area contributed by atoms with Crippen LogP contribution < -0.4 is 0 Å². The third-order valence-electron chi connectivity index (χ3n) is 14.2. The van der Waals surface area contributed by atoms with Crippen molar-refractivity contribution >= 4 is 5.97 Å². The Morgan fingerprint density at radius 1 is 0.809 bits per heavy atom. The van der Waals surface area contributed by atoms with Crippen LogP contribution in [-0.2, 0) is 9.53 Å². The number of rotatable bonds is 21. The molecule has 0 aliphatic heterocycles. The SMILES string of the molecule is CCCCCCCC/C=C/CCCCCCCC(=O)O[C@H]1CC[C@@]2(C)C(=CC[C@H]3[C@@H]4CC[C@H]([C@@H](C)CCCC(C)C)[C@@]4(C)CC[C@@H]32)C1. The molecular formula is C45H78O2. The summed E-state index contributed by atoms with van der Waals surface area (Å²) in [5, 5.41) is 0. The molecule has 0 aromatic carbocycles. The highest BCUT2D eigenvalue weighted by atomic mass is 16.5. The van der Waals surface area contributed by atoms with Gasteiger partial charge in [-0.05, 0) is 123 Å². The summed E-state index contributed by atoms with van der Waals surface area (Å²) in [6, 6.07) is 0. The van der Waals surface area contributed by atoms with Gasteiger partial charge >= 0.3 is 5.97 Å². The predicted molar refractivity (Wildman–Crippen MR) is 202 cm³/mol. The molecule has 4 aliphatic rings. The monoisotopic (exact) mass is 651 g/mol. The molecule has 0 saturated heterocycles. The lowest BCUT2D eigenvalue weighted by atomic mass is 9.47. The molecule has 2 heteroatoms. The Labute approximate surface area is 293 Å². The third kappa shape index (κ3) is 10.7. The highest BCUT2D eigenvalue weighted by Crippen LogP contribution is 2.67. The number of fused-ring (bicyclic) bond motifs is 5. The van der Waals surface area contributed by atoms with Gasteiger partial charge in [-0.1, -0.05) is 136 Å². The van der Waals surface area contributed by atoms with Crippen molar-refractivity contribution in [2.24, 2.45) is 46.3 Å². The Hall–Kier alpha value is -1.05. The molecule has 0 radical (unpaired) electrons. The molecule has 0 unspecified atom stereocenters. The van der Waals surface area contributed by atoms with Crippen LogP contribution in [0.4, 0.5) is 0 Å². The van der Waals surface area contributed by atoms with Gasteiger partial charge in [0, 0.05) is 12.8 Å². The normalized spacial score (nSPS) is 32.6. The van der Waals surface area contributed by atoms with Crippen LogP contribution in [0.3, 0.4) is 0 Å². The third-order valence-corrected chi connectivity index (χ3v) is 14.2. The molecule has 4 rings (SSSR count). The van der Waals surface area contributed by atoms with Crippen LogP contribution in [0.2, 0.25) is 0 Å². The fourth-order valence-corrected chi connectivity index (χ4v) is 11.3. The van der Waals surface area contributed by atoms with E-state index in [9.17, 15) is 4.79 Å². The Balaban J connectivity index is 1.12. The summed E-state index contributed by atoms with van der Waals surface area (Å²) in [6.07, 6.45) is 39.5. The average molecular weight is 651 g/mol. The van der Waals surface area contributed by atoms with E-state index in [0.29, 0.717) is 17.3 Å². The van der Waals surface area contributed by atoms with Crippen LogP contribution >= 0.6 is 0 Å². The molecule has 0 amide bonds. The number of esters is 1. The second-order valence-corrected chi connectivity index (χ2v) is 18.0. The van der Waals surface area contributed by atoms with Crippen molar-refractivity contribution in [1.82, 2.24) is 0 Å². The van der Waals surface area contributed by atoms with Crippen LogP contribution in [0.1, 0.15) is 202 Å². The minimum absolute atomic E-state index is 0.0541. The molecule has 3 saturated carbocycles. The molecular weight excluding hydrogens is 572 g/mol. The maximum atomic E-state index is 12.8. The van der Waals surface area contributed by atoms with Gasteiger partial charge in [-0.3, -0.25) is 4.79 Å². The molecule has 8 atom stereocenters. The van der Waals surface area contributed by atoms with Crippen LogP contribution in [0.5, 0.6) is 0 Å². The van der Waals surface area contributed by atoms with Crippen LogP contribution in [0.15, 0.2) is 23.8 Å². The van der Waals surface area contributed by atoms with E-state index in [1.807, 2.05) is 0 Å². The minimum Gasteiger partial charge on any atom is -0.462 e. The lowest BCUT2D eigenvalue weighted by molar-refractivity contribution is -0.151. The molecule has 270 valence electrons. The first-order chi connectivity index (χ1) is 22.7. The van der Waals surface area contributed by atoms with E-state index >= 15 is 0 Å². The number of hydrogen-bond donors (Lipinski definition) is 0. The van der Waals surface area contributed by atoms with E-state index in [4.69, 9.17) is 4.74 Å². The van der Waals surface area contributed by atoms with Crippen molar-refractivity contribution in [3.63, 3.8) is 0 Å². The first-order valence-corrected chi connectivity index (χ1v) is 21.2. The van der Waals surface area contributed by atoms with E-state index < -0.39 is 0 Å². The van der Waals surface area contributed by atoms with E-state index in [1.165, 1.54) is 128 Å². The van der Waals surface area contributed by atoms with Crippen LogP contribution in [-0.4, -0.2) is 12.1 Å². The maximum Gasteiger partial charge on any atom is 0.306 e. The van der Waals surface area contributed by atoms with Crippen LogP contribution in [0.25, 0.3) is 0 Å². The summed E-state index contributed by atoms with van der Waals surface area (Å²) in [5.41, 5.74) is 2.53. The van der Waals surface area contributed by atoms with E-state index in [-0.39, 0.29) is 12.1 Å². The molecule has 0 bridgehead atoms. The van der Waals surface area contributed by atoms with Crippen molar-refractivity contribution in [3.8, 4) is 0 Å². The maximum absolute atomic E-state index is 12.8. The number of carbonyl (C=O) groups excluding carboxylic acids is 1.